The molecule has 144 valence electrons. The smallest absolute Gasteiger partial charge is 0.338 e. The highest BCUT2D eigenvalue weighted by molar-refractivity contribution is 8.14. The summed E-state index contributed by atoms with van der Waals surface area (Å²) in [6, 6.07) is 6.99. The van der Waals surface area contributed by atoms with E-state index in [4.69, 9.17) is 9.47 Å². The maximum absolute atomic E-state index is 12.7. The Morgan fingerprint density at radius 3 is 2.67 bits per heavy atom. The molecule has 2 heterocycles. The minimum Gasteiger partial charge on any atom is -0.493 e. The van der Waals surface area contributed by atoms with Crippen LogP contribution in [0.2, 0.25) is 0 Å². The van der Waals surface area contributed by atoms with Crippen LogP contribution in [0.5, 0.6) is 5.75 Å². The fraction of sp³-hybridized carbons (Fsp3) is 0.450. The molecule has 0 N–H and O–H groups in total. The van der Waals surface area contributed by atoms with E-state index in [-0.39, 0.29) is 5.91 Å². The van der Waals surface area contributed by atoms with Crippen molar-refractivity contribution in [1.82, 2.24) is 4.90 Å². The maximum atomic E-state index is 12.7. The molecular weight excluding hydrogens is 364 g/mol. The van der Waals surface area contributed by atoms with Crippen molar-refractivity contribution in [3.63, 3.8) is 0 Å². The van der Waals surface area contributed by atoms with E-state index < -0.39 is 12.0 Å². The Kier molecular flexibility index (Phi) is 5.89. The van der Waals surface area contributed by atoms with E-state index in [9.17, 15) is 9.59 Å². The molecule has 0 aliphatic carbocycles. The van der Waals surface area contributed by atoms with Crippen LogP contribution in [0.1, 0.15) is 38.8 Å². The normalized spacial score (nSPS) is 19.7. The molecule has 2 aliphatic rings. The van der Waals surface area contributed by atoms with Crippen LogP contribution in [0.3, 0.4) is 0 Å². The fourth-order valence-corrected chi connectivity index (χ4v) is 4.10. The molecule has 0 aromatic heterocycles. The first-order valence-corrected chi connectivity index (χ1v) is 9.96. The molecule has 27 heavy (non-hydrogen) atoms. The predicted octanol–water partition coefficient (Wildman–Crippen LogP) is 3.54. The van der Waals surface area contributed by atoms with Crippen LogP contribution in [0.4, 0.5) is 0 Å². The molecule has 1 saturated heterocycles. The molecule has 1 amide bonds. The number of rotatable bonds is 5. The number of fused-ring (bicyclic) bond motifs is 1. The summed E-state index contributed by atoms with van der Waals surface area (Å²) in [4.78, 5) is 31.2. The summed E-state index contributed by atoms with van der Waals surface area (Å²) < 4.78 is 10.7. The van der Waals surface area contributed by atoms with E-state index in [0.29, 0.717) is 41.1 Å². The Hall–Kier alpha value is -2.28. The van der Waals surface area contributed by atoms with Crippen molar-refractivity contribution in [2.75, 3.05) is 19.5 Å². The van der Waals surface area contributed by atoms with Crippen molar-refractivity contribution in [2.45, 2.75) is 33.2 Å². The van der Waals surface area contributed by atoms with Gasteiger partial charge in [0.05, 0.1) is 31.0 Å². The molecule has 6 nitrogen and oxygen atoms in total. The largest absolute Gasteiger partial charge is 0.493 e. The van der Waals surface area contributed by atoms with E-state index in [1.807, 2.05) is 24.3 Å². The third-order valence-corrected chi connectivity index (χ3v) is 5.35. The van der Waals surface area contributed by atoms with Crippen molar-refractivity contribution >= 4 is 28.8 Å². The van der Waals surface area contributed by atoms with Gasteiger partial charge in [-0.2, -0.15) is 0 Å². The number of carbonyl (C=O) groups excluding carboxylic acids is 2. The Labute approximate surface area is 163 Å². The fourth-order valence-electron chi connectivity index (χ4n) is 3.09. The first-order chi connectivity index (χ1) is 12.9. The minimum atomic E-state index is -0.538. The lowest BCUT2D eigenvalue weighted by Gasteiger charge is -2.38. The van der Waals surface area contributed by atoms with Crippen LogP contribution < -0.4 is 4.74 Å². The van der Waals surface area contributed by atoms with E-state index in [2.05, 4.69) is 18.8 Å². The maximum Gasteiger partial charge on any atom is 0.338 e. The molecule has 1 aromatic carbocycles. The van der Waals surface area contributed by atoms with Gasteiger partial charge in [0, 0.05) is 12.2 Å². The number of allylic oxidation sites excluding steroid dienone is 1. The summed E-state index contributed by atoms with van der Waals surface area (Å²) in [5, 5.41) is 0.640. The summed E-state index contributed by atoms with van der Waals surface area (Å²) in [6.07, 6.45) is 0.420. The number of ether oxygens (including phenoxy) is 2. The molecule has 1 atom stereocenters. The van der Waals surface area contributed by atoms with Gasteiger partial charge in [-0.15, -0.1) is 0 Å². The number of nitrogens with zero attached hydrogens (tertiary/aromatic N) is 2. The van der Waals surface area contributed by atoms with Gasteiger partial charge in [-0.05, 0) is 30.5 Å². The average Bonchev–Trinajstić information content (AvgIpc) is 2.65. The first-order valence-electron chi connectivity index (χ1n) is 8.97. The van der Waals surface area contributed by atoms with Gasteiger partial charge in [0.2, 0.25) is 5.91 Å². The van der Waals surface area contributed by atoms with Crippen LogP contribution in [0.15, 0.2) is 40.5 Å². The van der Waals surface area contributed by atoms with E-state index >= 15 is 0 Å². The zero-order valence-corrected chi connectivity index (χ0v) is 16.8. The minimum absolute atomic E-state index is 0.0356. The summed E-state index contributed by atoms with van der Waals surface area (Å²) in [5.74, 6) is 1.39. The van der Waals surface area contributed by atoms with Crippen LogP contribution >= 0.6 is 11.8 Å². The number of benzene rings is 1. The number of carbonyl (C=O) groups is 2. The number of amides is 1. The van der Waals surface area contributed by atoms with Crippen molar-refractivity contribution < 1.29 is 19.1 Å². The summed E-state index contributed by atoms with van der Waals surface area (Å²) in [6.45, 7) is 6.59. The molecule has 1 fully saturated rings. The highest BCUT2D eigenvalue weighted by atomic mass is 32.2. The van der Waals surface area contributed by atoms with E-state index in [0.717, 1.165) is 11.3 Å². The van der Waals surface area contributed by atoms with Crippen LogP contribution in [0.25, 0.3) is 0 Å². The molecule has 7 heteroatoms. The zero-order valence-electron chi connectivity index (χ0n) is 16.0. The van der Waals surface area contributed by atoms with Gasteiger partial charge in [0.1, 0.15) is 5.75 Å². The molecule has 0 spiro atoms. The van der Waals surface area contributed by atoms with Gasteiger partial charge in [-0.1, -0.05) is 37.7 Å². The van der Waals surface area contributed by atoms with E-state index in [1.165, 1.54) is 18.9 Å². The van der Waals surface area contributed by atoms with Gasteiger partial charge in [0.15, 0.2) is 5.17 Å². The molecule has 2 aliphatic heterocycles. The van der Waals surface area contributed by atoms with Crippen molar-refractivity contribution in [1.29, 1.82) is 0 Å². The van der Waals surface area contributed by atoms with Crippen LogP contribution in [-0.4, -0.2) is 41.4 Å². The topological polar surface area (TPSA) is 68.2 Å². The van der Waals surface area contributed by atoms with Gasteiger partial charge in [-0.25, -0.2) is 9.79 Å². The number of amidine groups is 1. The monoisotopic (exact) mass is 388 g/mol. The summed E-state index contributed by atoms with van der Waals surface area (Å²) >= 11 is 1.53. The molecular formula is C20H24N2O4S. The van der Waals surface area contributed by atoms with Crippen molar-refractivity contribution in [2.24, 2.45) is 10.9 Å². The Morgan fingerprint density at radius 1 is 1.33 bits per heavy atom. The second-order valence-electron chi connectivity index (χ2n) is 6.92. The van der Waals surface area contributed by atoms with Gasteiger partial charge in [0.25, 0.3) is 0 Å². The quantitative estimate of drug-likeness (QED) is 0.722. The summed E-state index contributed by atoms with van der Waals surface area (Å²) in [5.41, 5.74) is 1.81. The third-order valence-electron chi connectivity index (χ3n) is 4.39. The standard InChI is InChI=1S/C20H24N2O4S/c1-12(2)11-26-15-7-5-14(6-8-15)18-17(19(24)25-4)13(3)21-20-22(18)16(23)9-10-27-20/h5-8,12,18H,9-11H2,1-4H3. The lowest BCUT2D eigenvalue weighted by molar-refractivity contribution is -0.137. The first kappa shape index (κ1) is 19.5. The highest BCUT2D eigenvalue weighted by Crippen LogP contribution is 2.40. The SMILES string of the molecule is COC(=O)C1=C(C)N=C2SCCC(=O)N2C1c1ccc(OCC(C)C)cc1. The molecule has 3 rings (SSSR count). The molecule has 1 unspecified atom stereocenters. The van der Waals surface area contributed by atoms with Crippen LogP contribution in [0, 0.1) is 5.92 Å². The Morgan fingerprint density at radius 2 is 2.04 bits per heavy atom. The molecule has 0 bridgehead atoms. The number of thioether (sulfide) groups is 1. The van der Waals surface area contributed by atoms with Gasteiger partial charge in [-0.3, -0.25) is 9.69 Å². The summed E-state index contributed by atoms with van der Waals surface area (Å²) in [7, 11) is 1.34. The van der Waals surface area contributed by atoms with Crippen molar-refractivity contribution in [3.05, 3.63) is 41.1 Å². The lowest BCUT2D eigenvalue weighted by Crippen LogP contribution is -2.45. The lowest BCUT2D eigenvalue weighted by atomic mass is 9.94. The van der Waals surface area contributed by atoms with Crippen LogP contribution in [-0.2, 0) is 14.3 Å². The molecule has 0 saturated carbocycles. The van der Waals surface area contributed by atoms with Gasteiger partial charge < -0.3 is 9.47 Å². The third kappa shape index (κ3) is 4.03. The number of hydrogen-bond donors (Lipinski definition) is 0. The van der Waals surface area contributed by atoms with E-state index in [1.54, 1.807) is 11.8 Å². The predicted molar refractivity (Wildman–Crippen MR) is 106 cm³/mol. The second-order valence-corrected chi connectivity index (χ2v) is 7.99. The number of methoxy groups -OCH3 is 1. The number of hydrogen-bond acceptors (Lipinski definition) is 6. The Bertz CT molecular complexity index is 799. The number of esters is 1. The molecule has 0 radical (unpaired) electrons. The van der Waals surface area contributed by atoms with Gasteiger partial charge >= 0.3 is 5.97 Å². The zero-order chi connectivity index (χ0) is 19.6. The average molecular weight is 388 g/mol. The Balaban J connectivity index is 1.99. The molecule has 1 aromatic rings. The van der Waals surface area contributed by atoms with Crippen molar-refractivity contribution in [3.8, 4) is 5.75 Å². The highest BCUT2D eigenvalue weighted by Gasteiger charge is 2.41. The number of aliphatic imine (C=N–C) groups is 1. The second kappa shape index (κ2) is 8.17.